The highest BCUT2D eigenvalue weighted by atomic mass is 32.2. The highest BCUT2D eigenvalue weighted by Gasteiger charge is 2.48. The number of ether oxygens (including phenoxy) is 1. The molecule has 11 heteroatoms. The van der Waals surface area contributed by atoms with Crippen molar-refractivity contribution in [1.82, 2.24) is 20.2 Å². The Labute approximate surface area is 219 Å². The summed E-state index contributed by atoms with van der Waals surface area (Å²) in [6.07, 6.45) is 1.41. The van der Waals surface area contributed by atoms with Crippen LogP contribution in [0.5, 0.6) is 0 Å². The number of nitrogens with one attached hydrogen (secondary N) is 2. The van der Waals surface area contributed by atoms with Gasteiger partial charge < -0.3 is 25.2 Å². The van der Waals surface area contributed by atoms with E-state index in [1.807, 2.05) is 37.2 Å². The standard InChI is InChI=1S/C26H38N6O4S/c1-18-17-36-15-14-32(18)23-16-22(26(2,3)37(34,35)21-10-11-21)29-24(30-23)19-6-8-20(9-7-19)28-25(33)27-12-13-31(4)5/h6-9,16,18,21H,10-15,17H2,1-5H3,(H2,27,28,33)/t18-/m0/s1. The number of anilines is 2. The van der Waals surface area contributed by atoms with Gasteiger partial charge in [-0.05, 0) is 72.0 Å². The van der Waals surface area contributed by atoms with Gasteiger partial charge in [0.2, 0.25) is 0 Å². The van der Waals surface area contributed by atoms with Gasteiger partial charge in [0.15, 0.2) is 15.7 Å². The molecule has 202 valence electrons. The molecule has 1 saturated heterocycles. The molecule has 1 aliphatic heterocycles. The molecule has 1 aromatic heterocycles. The van der Waals surface area contributed by atoms with Crippen LogP contribution < -0.4 is 15.5 Å². The fourth-order valence-corrected chi connectivity index (χ4v) is 6.28. The van der Waals surface area contributed by atoms with E-state index >= 15 is 0 Å². The van der Waals surface area contributed by atoms with Gasteiger partial charge in [0.25, 0.3) is 0 Å². The average molecular weight is 531 g/mol. The molecule has 1 saturated carbocycles. The molecular formula is C26H38N6O4S. The summed E-state index contributed by atoms with van der Waals surface area (Å²) >= 11 is 0. The second-order valence-corrected chi connectivity index (χ2v) is 13.3. The first-order valence-corrected chi connectivity index (χ1v) is 14.3. The minimum absolute atomic E-state index is 0.102. The van der Waals surface area contributed by atoms with Gasteiger partial charge in [-0.3, -0.25) is 0 Å². The Morgan fingerprint density at radius 2 is 1.89 bits per heavy atom. The summed E-state index contributed by atoms with van der Waals surface area (Å²) in [5.74, 6) is 1.14. The fourth-order valence-electron chi connectivity index (χ4n) is 4.30. The van der Waals surface area contributed by atoms with Crippen molar-refractivity contribution in [2.75, 3.05) is 57.2 Å². The summed E-state index contributed by atoms with van der Waals surface area (Å²) in [4.78, 5) is 25.9. The third kappa shape index (κ3) is 6.22. The third-order valence-corrected chi connectivity index (χ3v) is 9.89. The topological polar surface area (TPSA) is 117 Å². The number of urea groups is 1. The first-order chi connectivity index (χ1) is 17.5. The molecule has 2 heterocycles. The number of aromatic nitrogens is 2. The van der Waals surface area contributed by atoms with Crippen molar-refractivity contribution in [1.29, 1.82) is 0 Å². The summed E-state index contributed by atoms with van der Waals surface area (Å²) in [5, 5.41) is 5.34. The quantitative estimate of drug-likeness (QED) is 0.508. The number of hydrogen-bond donors (Lipinski definition) is 2. The largest absolute Gasteiger partial charge is 0.377 e. The van der Waals surface area contributed by atoms with Gasteiger partial charge in [-0.2, -0.15) is 0 Å². The average Bonchev–Trinajstić information content (AvgIpc) is 3.70. The minimum Gasteiger partial charge on any atom is -0.377 e. The summed E-state index contributed by atoms with van der Waals surface area (Å²) in [6.45, 7) is 8.66. The molecule has 0 bridgehead atoms. The maximum atomic E-state index is 13.3. The Morgan fingerprint density at radius 1 is 1.19 bits per heavy atom. The summed E-state index contributed by atoms with van der Waals surface area (Å²) < 4.78 is 31.1. The van der Waals surface area contributed by atoms with E-state index in [0.717, 1.165) is 12.1 Å². The number of likely N-dealkylation sites (N-methyl/N-ethyl adjacent to an activating group) is 1. The van der Waals surface area contributed by atoms with E-state index in [1.165, 1.54) is 0 Å². The molecule has 2 fully saturated rings. The number of carbonyl (C=O) groups excluding carboxylic acids is 1. The number of benzene rings is 1. The van der Waals surface area contributed by atoms with Crippen molar-refractivity contribution >= 4 is 27.4 Å². The number of hydrogen-bond acceptors (Lipinski definition) is 8. The molecule has 37 heavy (non-hydrogen) atoms. The summed E-state index contributed by atoms with van der Waals surface area (Å²) in [5.41, 5.74) is 1.86. The SMILES string of the molecule is C[C@H]1COCCN1c1cc(C(C)(C)S(=O)(=O)C2CC2)nc(-c2ccc(NC(=O)NCCN(C)C)cc2)n1. The lowest BCUT2D eigenvalue weighted by Crippen LogP contribution is -2.44. The van der Waals surface area contributed by atoms with E-state index in [2.05, 4.69) is 22.5 Å². The molecule has 4 rings (SSSR count). The number of nitrogens with zero attached hydrogens (tertiary/aromatic N) is 4. The van der Waals surface area contributed by atoms with Crippen LogP contribution in [0.4, 0.5) is 16.3 Å². The molecule has 1 atom stereocenters. The van der Waals surface area contributed by atoms with Gasteiger partial charge in [0.1, 0.15) is 10.6 Å². The molecule has 0 unspecified atom stereocenters. The smallest absolute Gasteiger partial charge is 0.319 e. The van der Waals surface area contributed by atoms with E-state index in [0.29, 0.717) is 62.2 Å². The lowest BCUT2D eigenvalue weighted by molar-refractivity contribution is 0.0985. The number of carbonyl (C=O) groups is 1. The molecular weight excluding hydrogens is 492 g/mol. The van der Waals surface area contributed by atoms with Crippen LogP contribution in [-0.2, 0) is 19.3 Å². The van der Waals surface area contributed by atoms with Gasteiger partial charge in [0.05, 0.1) is 30.2 Å². The second kappa shape index (κ2) is 10.9. The zero-order valence-electron chi connectivity index (χ0n) is 22.3. The van der Waals surface area contributed by atoms with Gasteiger partial charge in [-0.25, -0.2) is 23.2 Å². The van der Waals surface area contributed by atoms with Gasteiger partial charge in [-0.1, -0.05) is 0 Å². The predicted molar refractivity (Wildman–Crippen MR) is 146 cm³/mol. The highest BCUT2D eigenvalue weighted by molar-refractivity contribution is 7.93. The maximum Gasteiger partial charge on any atom is 0.319 e. The Hall–Kier alpha value is -2.76. The number of morpholine rings is 1. The van der Waals surface area contributed by atoms with Crippen LogP contribution in [-0.4, -0.2) is 87.6 Å². The van der Waals surface area contributed by atoms with E-state index in [9.17, 15) is 13.2 Å². The van der Waals surface area contributed by atoms with E-state index < -0.39 is 14.6 Å². The summed E-state index contributed by atoms with van der Waals surface area (Å²) in [7, 11) is 0.492. The van der Waals surface area contributed by atoms with Crippen molar-refractivity contribution in [3.63, 3.8) is 0 Å². The number of rotatable bonds is 9. The lowest BCUT2D eigenvalue weighted by atomic mass is 10.1. The number of sulfone groups is 1. The minimum atomic E-state index is -3.40. The molecule has 10 nitrogen and oxygen atoms in total. The molecule has 2 aromatic rings. The van der Waals surface area contributed by atoms with Crippen LogP contribution >= 0.6 is 0 Å². The third-order valence-electron chi connectivity index (χ3n) is 6.91. The Bertz CT molecular complexity index is 1210. The molecule has 1 aliphatic carbocycles. The second-order valence-electron chi connectivity index (χ2n) is 10.6. The van der Waals surface area contributed by atoms with E-state index in [-0.39, 0.29) is 17.3 Å². The van der Waals surface area contributed by atoms with Crippen molar-refractivity contribution in [2.24, 2.45) is 0 Å². The molecule has 2 amide bonds. The van der Waals surface area contributed by atoms with Crippen LogP contribution in [0.1, 0.15) is 39.3 Å². The Morgan fingerprint density at radius 3 is 2.51 bits per heavy atom. The Kier molecular flexibility index (Phi) is 8.05. The van der Waals surface area contributed by atoms with E-state index in [4.69, 9.17) is 14.7 Å². The van der Waals surface area contributed by atoms with Gasteiger partial charge in [0, 0.05) is 37.0 Å². The Balaban J connectivity index is 1.63. The molecule has 2 aliphatic rings. The van der Waals surface area contributed by atoms with Crippen LogP contribution in [0, 0.1) is 0 Å². The molecule has 0 spiro atoms. The first-order valence-electron chi connectivity index (χ1n) is 12.8. The van der Waals surface area contributed by atoms with Crippen LogP contribution in [0.15, 0.2) is 30.3 Å². The molecule has 2 N–H and O–H groups in total. The van der Waals surface area contributed by atoms with Crippen molar-refractivity contribution in [3.8, 4) is 11.4 Å². The molecule has 1 aromatic carbocycles. The van der Waals surface area contributed by atoms with Crippen molar-refractivity contribution in [3.05, 3.63) is 36.0 Å². The highest BCUT2D eigenvalue weighted by Crippen LogP contribution is 2.42. The fraction of sp³-hybridized carbons (Fsp3) is 0.577. The molecule has 0 radical (unpaired) electrons. The van der Waals surface area contributed by atoms with E-state index in [1.54, 1.807) is 26.0 Å². The first kappa shape index (κ1) is 27.3. The zero-order chi connectivity index (χ0) is 26.8. The van der Waals surface area contributed by atoms with Crippen molar-refractivity contribution < 1.29 is 17.9 Å². The number of amides is 2. The van der Waals surface area contributed by atoms with Crippen molar-refractivity contribution in [2.45, 2.75) is 49.7 Å². The summed E-state index contributed by atoms with van der Waals surface area (Å²) in [6, 6.07) is 8.90. The maximum absolute atomic E-state index is 13.3. The van der Waals surface area contributed by atoms with Crippen LogP contribution in [0.25, 0.3) is 11.4 Å². The normalized spacial score (nSPS) is 18.6. The lowest BCUT2D eigenvalue weighted by Gasteiger charge is -2.35. The zero-order valence-corrected chi connectivity index (χ0v) is 23.1. The monoisotopic (exact) mass is 530 g/mol. The predicted octanol–water partition coefficient (Wildman–Crippen LogP) is 2.86. The van der Waals surface area contributed by atoms with Crippen LogP contribution in [0.2, 0.25) is 0 Å². The van der Waals surface area contributed by atoms with Gasteiger partial charge in [-0.15, -0.1) is 0 Å². The van der Waals surface area contributed by atoms with Gasteiger partial charge >= 0.3 is 6.03 Å². The van der Waals surface area contributed by atoms with Crippen LogP contribution in [0.3, 0.4) is 0 Å².